The van der Waals surface area contributed by atoms with E-state index in [1.165, 1.54) is 0 Å². The lowest BCUT2D eigenvalue weighted by Gasteiger charge is -2.15. The van der Waals surface area contributed by atoms with Gasteiger partial charge in [0.1, 0.15) is 6.04 Å². The summed E-state index contributed by atoms with van der Waals surface area (Å²) in [6, 6.07) is -0.921. The number of carboxylic acids is 1. The molecular formula is C10H17NO5S. The fourth-order valence-electron chi connectivity index (χ4n) is 1.84. The van der Waals surface area contributed by atoms with Crippen LogP contribution in [-0.4, -0.2) is 42.9 Å². The molecular weight excluding hydrogens is 246 g/mol. The molecule has 1 amide bonds. The van der Waals surface area contributed by atoms with Crippen molar-refractivity contribution in [1.29, 1.82) is 0 Å². The Labute approximate surface area is 100 Å². The quantitative estimate of drug-likeness (QED) is 0.715. The van der Waals surface area contributed by atoms with Crippen molar-refractivity contribution in [3.63, 3.8) is 0 Å². The predicted octanol–water partition coefficient (Wildman–Crippen LogP) is -0.209. The number of amides is 1. The van der Waals surface area contributed by atoms with Crippen molar-refractivity contribution < 1.29 is 23.1 Å². The third-order valence-electron chi connectivity index (χ3n) is 2.80. The SMILES string of the molecule is CCCC(NC(=O)C1CCS(=O)(=O)C1)C(=O)O. The lowest BCUT2D eigenvalue weighted by Crippen LogP contribution is -2.43. The standard InChI is InChI=1S/C10H17NO5S/c1-2-3-8(10(13)14)11-9(12)7-4-5-17(15,16)6-7/h7-8H,2-6H2,1H3,(H,11,12)(H,13,14). The summed E-state index contributed by atoms with van der Waals surface area (Å²) in [4.78, 5) is 22.5. The van der Waals surface area contributed by atoms with Crippen LogP contribution >= 0.6 is 0 Å². The summed E-state index contributed by atoms with van der Waals surface area (Å²) in [5, 5.41) is 11.3. The highest BCUT2D eigenvalue weighted by molar-refractivity contribution is 7.91. The van der Waals surface area contributed by atoms with E-state index in [9.17, 15) is 18.0 Å². The molecule has 0 aromatic rings. The minimum atomic E-state index is -3.12. The maximum absolute atomic E-state index is 11.7. The van der Waals surface area contributed by atoms with Crippen LogP contribution in [-0.2, 0) is 19.4 Å². The summed E-state index contributed by atoms with van der Waals surface area (Å²) >= 11 is 0. The van der Waals surface area contributed by atoms with Crippen LogP contribution in [0.5, 0.6) is 0 Å². The van der Waals surface area contributed by atoms with Gasteiger partial charge < -0.3 is 10.4 Å². The molecule has 1 saturated heterocycles. The average molecular weight is 263 g/mol. The second kappa shape index (κ2) is 5.48. The highest BCUT2D eigenvalue weighted by Gasteiger charge is 2.34. The first kappa shape index (κ1) is 14.0. The van der Waals surface area contributed by atoms with Gasteiger partial charge in [0.05, 0.1) is 17.4 Å². The summed E-state index contributed by atoms with van der Waals surface area (Å²) in [5.74, 6) is -2.31. The van der Waals surface area contributed by atoms with E-state index in [-0.39, 0.29) is 17.9 Å². The first-order valence-corrected chi connectivity index (χ1v) is 7.41. The molecule has 1 heterocycles. The molecule has 0 saturated carbocycles. The Morgan fingerprint density at radius 2 is 2.12 bits per heavy atom. The third kappa shape index (κ3) is 3.99. The van der Waals surface area contributed by atoms with Gasteiger partial charge in [0, 0.05) is 0 Å². The Kier molecular flexibility index (Phi) is 4.50. The summed E-state index contributed by atoms with van der Waals surface area (Å²) in [6.07, 6.45) is 1.27. The van der Waals surface area contributed by atoms with Crippen molar-refractivity contribution in [2.75, 3.05) is 11.5 Å². The lowest BCUT2D eigenvalue weighted by molar-refractivity contribution is -0.142. The van der Waals surface area contributed by atoms with Crippen LogP contribution in [0.4, 0.5) is 0 Å². The predicted molar refractivity (Wildman–Crippen MR) is 61.2 cm³/mol. The smallest absolute Gasteiger partial charge is 0.326 e. The van der Waals surface area contributed by atoms with Crippen LogP contribution in [0.2, 0.25) is 0 Å². The minimum absolute atomic E-state index is 0.0105. The Morgan fingerprint density at radius 1 is 1.47 bits per heavy atom. The van der Waals surface area contributed by atoms with Crippen molar-refractivity contribution in [3.05, 3.63) is 0 Å². The summed E-state index contributed by atoms with van der Waals surface area (Å²) in [6.45, 7) is 1.82. The molecule has 2 atom stereocenters. The van der Waals surface area contributed by atoms with Crippen LogP contribution < -0.4 is 5.32 Å². The molecule has 98 valence electrons. The van der Waals surface area contributed by atoms with Crippen LogP contribution in [0, 0.1) is 5.92 Å². The molecule has 7 heteroatoms. The molecule has 17 heavy (non-hydrogen) atoms. The lowest BCUT2D eigenvalue weighted by atomic mass is 10.1. The van der Waals surface area contributed by atoms with E-state index in [1.54, 1.807) is 0 Å². The van der Waals surface area contributed by atoms with E-state index >= 15 is 0 Å². The number of hydrogen-bond acceptors (Lipinski definition) is 4. The molecule has 0 aliphatic carbocycles. The number of sulfone groups is 1. The summed E-state index contributed by atoms with van der Waals surface area (Å²) < 4.78 is 22.4. The Balaban J connectivity index is 2.56. The first-order valence-electron chi connectivity index (χ1n) is 5.59. The molecule has 1 aliphatic rings. The van der Waals surface area contributed by atoms with E-state index in [0.717, 1.165) is 0 Å². The third-order valence-corrected chi connectivity index (χ3v) is 4.56. The van der Waals surface area contributed by atoms with Gasteiger partial charge in [-0.1, -0.05) is 13.3 Å². The molecule has 2 unspecified atom stereocenters. The number of carboxylic acid groups (broad SMARTS) is 1. The van der Waals surface area contributed by atoms with Gasteiger partial charge in [0.25, 0.3) is 0 Å². The fourth-order valence-corrected chi connectivity index (χ4v) is 3.58. The average Bonchev–Trinajstić information content (AvgIpc) is 2.58. The minimum Gasteiger partial charge on any atom is -0.480 e. The topological polar surface area (TPSA) is 101 Å². The molecule has 1 aliphatic heterocycles. The molecule has 0 spiro atoms. The van der Waals surface area contributed by atoms with Gasteiger partial charge in [-0.15, -0.1) is 0 Å². The summed E-state index contributed by atoms with van der Waals surface area (Å²) in [7, 11) is -3.12. The molecule has 0 radical (unpaired) electrons. The highest BCUT2D eigenvalue weighted by atomic mass is 32.2. The zero-order valence-corrected chi connectivity index (χ0v) is 10.5. The molecule has 6 nitrogen and oxygen atoms in total. The van der Waals surface area contributed by atoms with E-state index < -0.39 is 33.7 Å². The van der Waals surface area contributed by atoms with Gasteiger partial charge >= 0.3 is 5.97 Å². The second-order valence-electron chi connectivity index (χ2n) is 4.29. The number of hydrogen-bond donors (Lipinski definition) is 2. The van der Waals surface area contributed by atoms with Gasteiger partial charge in [-0.25, -0.2) is 13.2 Å². The van der Waals surface area contributed by atoms with Gasteiger partial charge in [0.15, 0.2) is 9.84 Å². The molecule has 0 aromatic heterocycles. The van der Waals surface area contributed by atoms with Crippen molar-refractivity contribution in [1.82, 2.24) is 5.32 Å². The van der Waals surface area contributed by atoms with Crippen molar-refractivity contribution >= 4 is 21.7 Å². The normalized spacial score (nSPS) is 24.2. The van der Waals surface area contributed by atoms with Crippen molar-refractivity contribution in [2.45, 2.75) is 32.2 Å². The Morgan fingerprint density at radius 3 is 2.53 bits per heavy atom. The first-order chi connectivity index (χ1) is 7.85. The van der Waals surface area contributed by atoms with Gasteiger partial charge in [-0.2, -0.15) is 0 Å². The monoisotopic (exact) mass is 263 g/mol. The maximum atomic E-state index is 11.7. The van der Waals surface area contributed by atoms with E-state index in [0.29, 0.717) is 12.8 Å². The fraction of sp³-hybridized carbons (Fsp3) is 0.800. The highest BCUT2D eigenvalue weighted by Crippen LogP contribution is 2.18. The zero-order chi connectivity index (χ0) is 13.1. The molecule has 0 bridgehead atoms. The van der Waals surface area contributed by atoms with E-state index in [4.69, 9.17) is 5.11 Å². The van der Waals surface area contributed by atoms with Gasteiger partial charge in [-0.05, 0) is 12.8 Å². The maximum Gasteiger partial charge on any atom is 0.326 e. The van der Waals surface area contributed by atoms with Crippen LogP contribution in [0.1, 0.15) is 26.2 Å². The molecule has 1 rings (SSSR count). The number of nitrogens with one attached hydrogen (secondary N) is 1. The van der Waals surface area contributed by atoms with E-state index in [1.807, 2.05) is 6.92 Å². The van der Waals surface area contributed by atoms with Crippen LogP contribution in [0.25, 0.3) is 0 Å². The van der Waals surface area contributed by atoms with E-state index in [2.05, 4.69) is 5.32 Å². The number of rotatable bonds is 5. The van der Waals surface area contributed by atoms with Gasteiger partial charge in [-0.3, -0.25) is 4.79 Å². The Hall–Kier alpha value is -1.11. The van der Waals surface area contributed by atoms with Gasteiger partial charge in [0.2, 0.25) is 5.91 Å². The second-order valence-corrected chi connectivity index (χ2v) is 6.52. The van der Waals surface area contributed by atoms with Crippen LogP contribution in [0.3, 0.4) is 0 Å². The van der Waals surface area contributed by atoms with Crippen molar-refractivity contribution in [3.8, 4) is 0 Å². The van der Waals surface area contributed by atoms with Crippen molar-refractivity contribution in [2.24, 2.45) is 5.92 Å². The largest absolute Gasteiger partial charge is 0.480 e. The Bertz CT molecular complexity index is 403. The molecule has 2 N–H and O–H groups in total. The number of carbonyl (C=O) groups is 2. The van der Waals surface area contributed by atoms with Crippen LogP contribution in [0.15, 0.2) is 0 Å². The molecule has 1 fully saturated rings. The number of aliphatic carboxylic acids is 1. The molecule has 0 aromatic carbocycles. The zero-order valence-electron chi connectivity index (χ0n) is 9.68. The number of carbonyl (C=O) groups excluding carboxylic acids is 1. The summed E-state index contributed by atoms with van der Waals surface area (Å²) in [5.41, 5.74) is 0.